The Kier molecular flexibility index (Phi) is 8.15. The Bertz CT molecular complexity index is 326. The second-order valence-corrected chi connectivity index (χ2v) is 5.79. The molecule has 1 atom stereocenters. The number of amides is 1. The summed E-state index contributed by atoms with van der Waals surface area (Å²) in [5.74, 6) is -1.01. The minimum atomic E-state index is -4.32. The van der Waals surface area contributed by atoms with Gasteiger partial charge in [0.2, 0.25) is 5.91 Å². The van der Waals surface area contributed by atoms with E-state index in [9.17, 15) is 17.8 Å². The molecule has 0 rings (SSSR count). The molecule has 0 saturated carbocycles. The average Bonchev–Trinajstić information content (AvgIpc) is 1.96. The Morgan fingerprint density at radius 2 is 1.88 bits per heavy atom. The van der Waals surface area contributed by atoms with Crippen LogP contribution in [0, 0.1) is 5.92 Å². The minimum absolute atomic E-state index is 0. The molecule has 0 bridgehead atoms. The third kappa shape index (κ3) is 8.52. The van der Waals surface area contributed by atoms with E-state index in [4.69, 9.17) is 0 Å². The molecule has 0 fully saturated rings. The summed E-state index contributed by atoms with van der Waals surface area (Å²) in [5.41, 5.74) is -1.01. The smallest absolute Gasteiger partial charge is 0.748 e. The molecule has 0 aromatic heterocycles. The van der Waals surface area contributed by atoms with Crippen LogP contribution < -0.4 is 34.9 Å². The van der Waals surface area contributed by atoms with E-state index >= 15 is 0 Å². The van der Waals surface area contributed by atoms with Gasteiger partial charge in [0.25, 0.3) is 0 Å². The number of carbonyl (C=O) groups excluding carboxylic acids is 1. The zero-order valence-electron chi connectivity index (χ0n) is 10.5. The number of rotatable bonds is 5. The van der Waals surface area contributed by atoms with Crippen molar-refractivity contribution in [3.63, 3.8) is 0 Å². The molecule has 0 aromatic carbocycles. The van der Waals surface area contributed by atoms with E-state index in [0.717, 1.165) is 0 Å². The average molecular weight is 259 g/mol. The van der Waals surface area contributed by atoms with Crippen molar-refractivity contribution < 1.29 is 47.3 Å². The zero-order chi connectivity index (χ0) is 12.3. The van der Waals surface area contributed by atoms with E-state index in [2.05, 4.69) is 5.32 Å². The molecule has 1 N–H and O–H groups in total. The van der Waals surface area contributed by atoms with Crippen LogP contribution in [0.2, 0.25) is 0 Å². The number of nitrogens with one attached hydrogen (secondary N) is 1. The summed E-state index contributed by atoms with van der Waals surface area (Å²) in [7, 11) is -4.32. The summed E-state index contributed by atoms with van der Waals surface area (Å²) in [5, 5.41) is 2.55. The molecule has 90 valence electrons. The van der Waals surface area contributed by atoms with Crippen molar-refractivity contribution >= 4 is 16.0 Å². The van der Waals surface area contributed by atoms with Crippen LogP contribution in [0.25, 0.3) is 0 Å². The van der Waals surface area contributed by atoms with Crippen molar-refractivity contribution in [1.82, 2.24) is 5.32 Å². The fourth-order valence-electron chi connectivity index (χ4n) is 1.12. The molecule has 0 spiro atoms. The predicted molar refractivity (Wildman–Crippen MR) is 56.2 cm³/mol. The van der Waals surface area contributed by atoms with Gasteiger partial charge in [0.15, 0.2) is 0 Å². The van der Waals surface area contributed by atoms with Gasteiger partial charge < -0.3 is 9.87 Å². The van der Waals surface area contributed by atoms with Gasteiger partial charge in [0, 0.05) is 11.5 Å². The summed E-state index contributed by atoms with van der Waals surface area (Å²) in [6.07, 6.45) is 0.673. The van der Waals surface area contributed by atoms with E-state index in [1.54, 1.807) is 6.92 Å². The van der Waals surface area contributed by atoms with Crippen LogP contribution in [-0.4, -0.2) is 30.2 Å². The Labute approximate surface area is 119 Å². The van der Waals surface area contributed by atoms with Crippen LogP contribution in [0.4, 0.5) is 0 Å². The van der Waals surface area contributed by atoms with Crippen LogP contribution in [-0.2, 0) is 14.9 Å². The Hall–Kier alpha value is 0.380. The molecule has 1 unspecified atom stereocenters. The van der Waals surface area contributed by atoms with Crippen LogP contribution in [0.5, 0.6) is 0 Å². The van der Waals surface area contributed by atoms with Crippen LogP contribution in [0.3, 0.4) is 0 Å². The van der Waals surface area contributed by atoms with Crippen LogP contribution in [0.15, 0.2) is 0 Å². The molecule has 16 heavy (non-hydrogen) atoms. The first-order valence-electron chi connectivity index (χ1n) is 4.83. The van der Waals surface area contributed by atoms with Crippen LogP contribution in [0.1, 0.15) is 34.1 Å². The van der Waals surface area contributed by atoms with Crippen LogP contribution >= 0.6 is 0 Å². The second-order valence-electron chi connectivity index (χ2n) is 4.38. The van der Waals surface area contributed by atoms with Gasteiger partial charge >= 0.3 is 29.6 Å². The van der Waals surface area contributed by atoms with E-state index in [0.29, 0.717) is 6.42 Å². The maximum absolute atomic E-state index is 11.5. The minimum Gasteiger partial charge on any atom is -0.748 e. The third-order valence-corrected chi connectivity index (χ3v) is 3.13. The van der Waals surface area contributed by atoms with E-state index < -0.39 is 21.4 Å². The molecule has 0 aliphatic heterocycles. The maximum atomic E-state index is 11.5. The number of hydrogen-bond donors (Lipinski definition) is 1. The summed E-state index contributed by atoms with van der Waals surface area (Å²) < 4.78 is 31.7. The first kappa shape index (κ1) is 18.7. The van der Waals surface area contributed by atoms with Gasteiger partial charge in [-0.3, -0.25) is 4.79 Å². The van der Waals surface area contributed by atoms with Gasteiger partial charge in [-0.05, 0) is 20.3 Å². The molecule has 1 amide bonds. The topological polar surface area (TPSA) is 86.3 Å². The summed E-state index contributed by atoms with van der Waals surface area (Å²) in [6.45, 7) is 6.64. The van der Waals surface area contributed by atoms with E-state index in [-0.39, 0.29) is 41.4 Å². The van der Waals surface area contributed by atoms with Gasteiger partial charge in [0.1, 0.15) is 0 Å². The molecule has 0 aromatic rings. The molecule has 0 aliphatic carbocycles. The van der Waals surface area contributed by atoms with Gasteiger partial charge in [-0.25, -0.2) is 8.42 Å². The number of hydrogen-bond acceptors (Lipinski definition) is 4. The molecule has 5 nitrogen and oxygen atoms in total. The molecule has 0 heterocycles. The predicted octanol–water partition coefficient (Wildman–Crippen LogP) is -2.52. The molecule has 0 saturated heterocycles. The Balaban J connectivity index is 0. The fourth-order valence-corrected chi connectivity index (χ4v) is 2.08. The SMILES string of the molecule is CCC(C)C(=O)NC(C)(C)CS(=O)(=O)[O-].[Na+]. The Morgan fingerprint density at radius 1 is 1.44 bits per heavy atom. The van der Waals surface area contributed by atoms with Gasteiger partial charge in [-0.1, -0.05) is 13.8 Å². The van der Waals surface area contributed by atoms with Crippen molar-refractivity contribution in [2.45, 2.75) is 39.7 Å². The van der Waals surface area contributed by atoms with E-state index in [1.807, 2.05) is 6.92 Å². The quantitative estimate of drug-likeness (QED) is 0.436. The van der Waals surface area contributed by atoms with Gasteiger partial charge in [-0.2, -0.15) is 0 Å². The van der Waals surface area contributed by atoms with Gasteiger partial charge in [0.05, 0.1) is 15.9 Å². The summed E-state index contributed by atoms with van der Waals surface area (Å²) >= 11 is 0. The largest absolute Gasteiger partial charge is 1.00 e. The third-order valence-electron chi connectivity index (χ3n) is 2.06. The molecular weight excluding hydrogens is 241 g/mol. The second kappa shape index (κ2) is 6.96. The van der Waals surface area contributed by atoms with E-state index in [1.165, 1.54) is 13.8 Å². The zero-order valence-corrected chi connectivity index (χ0v) is 13.3. The molecule has 7 heteroatoms. The number of carbonyl (C=O) groups is 1. The van der Waals surface area contributed by atoms with Crippen molar-refractivity contribution in [2.75, 3.05) is 5.75 Å². The first-order chi connectivity index (χ1) is 6.57. The molecule has 0 radical (unpaired) electrons. The summed E-state index contributed by atoms with van der Waals surface area (Å²) in [4.78, 5) is 11.5. The first-order valence-corrected chi connectivity index (χ1v) is 6.41. The van der Waals surface area contributed by atoms with Crippen molar-refractivity contribution in [2.24, 2.45) is 5.92 Å². The Morgan fingerprint density at radius 3 is 2.19 bits per heavy atom. The molecular formula is C9H18NNaO4S. The van der Waals surface area contributed by atoms with Crippen molar-refractivity contribution in [3.05, 3.63) is 0 Å². The maximum Gasteiger partial charge on any atom is 1.00 e. The fraction of sp³-hybridized carbons (Fsp3) is 0.889. The van der Waals surface area contributed by atoms with Crippen molar-refractivity contribution in [3.8, 4) is 0 Å². The standard InChI is InChI=1S/C9H19NO4S.Na/c1-5-7(2)8(11)10-9(3,4)6-15(12,13)14;/h7H,5-6H2,1-4H3,(H,10,11)(H,12,13,14);/q;+1/p-1. The summed E-state index contributed by atoms with van der Waals surface area (Å²) in [6, 6.07) is 0. The van der Waals surface area contributed by atoms with Crippen molar-refractivity contribution in [1.29, 1.82) is 0 Å². The monoisotopic (exact) mass is 259 g/mol. The normalized spacial score (nSPS) is 13.8. The van der Waals surface area contributed by atoms with Gasteiger partial charge in [-0.15, -0.1) is 0 Å². The molecule has 0 aliphatic rings.